The van der Waals surface area contributed by atoms with Gasteiger partial charge in [0.05, 0.1) is 19.0 Å². The number of methoxy groups -OCH3 is 1. The summed E-state index contributed by atoms with van der Waals surface area (Å²) in [5, 5.41) is 10.3. The first-order valence-corrected chi connectivity index (χ1v) is 6.06. The number of aromatic nitrogens is 3. The molecule has 0 radical (unpaired) electrons. The van der Waals surface area contributed by atoms with Gasteiger partial charge in [-0.15, -0.1) is 0 Å². The summed E-state index contributed by atoms with van der Waals surface area (Å²) in [6.45, 7) is 2.67. The highest BCUT2D eigenvalue weighted by Crippen LogP contribution is 2.32. The van der Waals surface area contributed by atoms with Crippen molar-refractivity contribution in [1.29, 1.82) is 0 Å². The van der Waals surface area contributed by atoms with Crippen molar-refractivity contribution >= 4 is 11.4 Å². The van der Waals surface area contributed by atoms with E-state index in [-0.39, 0.29) is 0 Å². The van der Waals surface area contributed by atoms with Gasteiger partial charge in [-0.2, -0.15) is 5.10 Å². The van der Waals surface area contributed by atoms with Gasteiger partial charge in [0.25, 0.3) is 0 Å². The van der Waals surface area contributed by atoms with Crippen LogP contribution in [0.25, 0.3) is 0 Å². The Balaban J connectivity index is 2.25. The first-order chi connectivity index (χ1) is 9.13. The van der Waals surface area contributed by atoms with Gasteiger partial charge in [-0.25, -0.2) is 4.98 Å². The van der Waals surface area contributed by atoms with Crippen LogP contribution in [0.15, 0.2) is 18.5 Å². The monoisotopic (exact) mass is 261 g/mol. The first kappa shape index (κ1) is 13.2. The lowest BCUT2D eigenvalue weighted by Gasteiger charge is -2.19. The Labute approximate surface area is 112 Å². The number of aryl methyl sites for hydroxylation is 1. The molecule has 2 aromatic rings. The molecule has 19 heavy (non-hydrogen) atoms. The molecule has 0 fully saturated rings. The van der Waals surface area contributed by atoms with Crippen molar-refractivity contribution in [2.75, 3.05) is 31.4 Å². The van der Waals surface area contributed by atoms with E-state index in [1.807, 2.05) is 38.2 Å². The molecule has 0 aliphatic rings. The molecule has 2 heterocycles. The highest BCUT2D eigenvalue weighted by atomic mass is 16.5. The molecule has 0 bridgehead atoms. The van der Waals surface area contributed by atoms with Crippen molar-refractivity contribution in [1.82, 2.24) is 15.2 Å². The van der Waals surface area contributed by atoms with Crippen molar-refractivity contribution in [3.8, 4) is 5.88 Å². The summed E-state index contributed by atoms with van der Waals surface area (Å²) >= 11 is 0. The van der Waals surface area contributed by atoms with Crippen molar-refractivity contribution < 1.29 is 4.74 Å². The van der Waals surface area contributed by atoms with E-state index >= 15 is 0 Å². The molecule has 2 aromatic heterocycles. The number of H-pyrrole nitrogens is 1. The molecular formula is C13H19N5O. The minimum absolute atomic E-state index is 0.590. The molecule has 2 rings (SSSR count). The standard InChI is InChI=1S/C13H19N5O/c1-9-10(8-16-17-9)7-15-12-11(18(2)3)5-6-14-13(12)19-4/h5-6,8,15H,7H2,1-4H3,(H,16,17). The Bertz CT molecular complexity index is 550. The zero-order valence-corrected chi connectivity index (χ0v) is 11.7. The van der Waals surface area contributed by atoms with E-state index in [9.17, 15) is 0 Å². The Hall–Kier alpha value is -2.24. The van der Waals surface area contributed by atoms with Crippen LogP contribution in [0.1, 0.15) is 11.3 Å². The third kappa shape index (κ3) is 2.78. The normalized spacial score (nSPS) is 10.3. The van der Waals surface area contributed by atoms with Gasteiger partial charge in [-0.1, -0.05) is 0 Å². The van der Waals surface area contributed by atoms with Crippen LogP contribution in [0.5, 0.6) is 5.88 Å². The van der Waals surface area contributed by atoms with Crippen molar-refractivity contribution in [2.24, 2.45) is 0 Å². The number of hydrogen-bond acceptors (Lipinski definition) is 5. The minimum Gasteiger partial charge on any atom is -0.479 e. The molecule has 0 saturated heterocycles. The average Bonchev–Trinajstić information content (AvgIpc) is 2.81. The van der Waals surface area contributed by atoms with Crippen LogP contribution >= 0.6 is 0 Å². The fourth-order valence-electron chi connectivity index (χ4n) is 1.86. The largest absolute Gasteiger partial charge is 0.479 e. The van der Waals surface area contributed by atoms with Crippen LogP contribution in [-0.4, -0.2) is 36.4 Å². The summed E-state index contributed by atoms with van der Waals surface area (Å²) in [5.74, 6) is 0.590. The Morgan fingerprint density at radius 2 is 2.21 bits per heavy atom. The summed E-state index contributed by atoms with van der Waals surface area (Å²) in [6, 6.07) is 1.95. The van der Waals surface area contributed by atoms with E-state index in [1.54, 1.807) is 13.3 Å². The highest BCUT2D eigenvalue weighted by molar-refractivity contribution is 5.74. The summed E-state index contributed by atoms with van der Waals surface area (Å²) in [4.78, 5) is 6.25. The first-order valence-electron chi connectivity index (χ1n) is 6.06. The Kier molecular flexibility index (Phi) is 3.89. The smallest absolute Gasteiger partial charge is 0.239 e. The zero-order chi connectivity index (χ0) is 13.8. The lowest BCUT2D eigenvalue weighted by Crippen LogP contribution is -2.13. The van der Waals surface area contributed by atoms with E-state index < -0.39 is 0 Å². The summed E-state index contributed by atoms with van der Waals surface area (Å²) in [7, 11) is 5.60. The molecule has 6 heteroatoms. The van der Waals surface area contributed by atoms with Gasteiger partial charge in [0, 0.05) is 38.1 Å². The molecule has 2 N–H and O–H groups in total. The zero-order valence-electron chi connectivity index (χ0n) is 11.7. The molecular weight excluding hydrogens is 242 g/mol. The molecule has 102 valence electrons. The minimum atomic E-state index is 0.590. The second-order valence-corrected chi connectivity index (χ2v) is 4.48. The van der Waals surface area contributed by atoms with Crippen molar-refractivity contribution in [3.05, 3.63) is 29.7 Å². The van der Waals surface area contributed by atoms with Gasteiger partial charge in [-0.05, 0) is 13.0 Å². The number of ether oxygens (including phenoxy) is 1. The second-order valence-electron chi connectivity index (χ2n) is 4.48. The fraction of sp³-hybridized carbons (Fsp3) is 0.385. The average molecular weight is 261 g/mol. The summed E-state index contributed by atoms with van der Waals surface area (Å²) in [6.07, 6.45) is 3.56. The quantitative estimate of drug-likeness (QED) is 0.859. The number of nitrogens with one attached hydrogen (secondary N) is 2. The summed E-state index contributed by atoms with van der Waals surface area (Å²) < 4.78 is 5.31. The van der Waals surface area contributed by atoms with Crippen LogP contribution in [0.4, 0.5) is 11.4 Å². The van der Waals surface area contributed by atoms with Crippen molar-refractivity contribution in [2.45, 2.75) is 13.5 Å². The number of anilines is 2. The molecule has 0 spiro atoms. The number of hydrogen-bond donors (Lipinski definition) is 2. The van der Waals surface area contributed by atoms with Gasteiger partial charge >= 0.3 is 0 Å². The van der Waals surface area contributed by atoms with Crippen molar-refractivity contribution in [3.63, 3.8) is 0 Å². The van der Waals surface area contributed by atoms with Crippen LogP contribution < -0.4 is 15.0 Å². The number of nitrogens with zero attached hydrogens (tertiary/aromatic N) is 3. The van der Waals surface area contributed by atoms with E-state index in [0.717, 1.165) is 22.6 Å². The summed E-state index contributed by atoms with van der Waals surface area (Å²) in [5.41, 5.74) is 4.10. The molecule has 0 amide bonds. The fourth-order valence-corrected chi connectivity index (χ4v) is 1.86. The molecule has 0 aliphatic heterocycles. The van der Waals surface area contributed by atoms with Crippen LogP contribution in [0.2, 0.25) is 0 Å². The van der Waals surface area contributed by atoms with Gasteiger partial charge in [0.1, 0.15) is 5.69 Å². The lowest BCUT2D eigenvalue weighted by atomic mass is 10.2. The molecule has 0 aromatic carbocycles. The van der Waals surface area contributed by atoms with E-state index in [2.05, 4.69) is 20.5 Å². The Morgan fingerprint density at radius 3 is 2.79 bits per heavy atom. The van der Waals surface area contributed by atoms with E-state index in [1.165, 1.54) is 0 Å². The number of pyridine rings is 1. The van der Waals surface area contributed by atoms with Gasteiger partial charge in [0.15, 0.2) is 0 Å². The number of rotatable bonds is 5. The molecule has 0 atom stereocenters. The van der Waals surface area contributed by atoms with Gasteiger partial charge in [0.2, 0.25) is 5.88 Å². The molecule has 6 nitrogen and oxygen atoms in total. The SMILES string of the molecule is COc1nccc(N(C)C)c1NCc1cn[nH]c1C. The van der Waals surface area contributed by atoms with Crippen LogP contribution in [0, 0.1) is 6.92 Å². The Morgan fingerprint density at radius 1 is 1.42 bits per heavy atom. The second kappa shape index (κ2) is 5.60. The maximum atomic E-state index is 5.31. The topological polar surface area (TPSA) is 66.1 Å². The van der Waals surface area contributed by atoms with E-state index in [4.69, 9.17) is 4.74 Å². The molecule has 0 unspecified atom stereocenters. The van der Waals surface area contributed by atoms with Crippen LogP contribution in [0.3, 0.4) is 0 Å². The highest BCUT2D eigenvalue weighted by Gasteiger charge is 2.12. The maximum Gasteiger partial charge on any atom is 0.239 e. The van der Waals surface area contributed by atoms with E-state index in [0.29, 0.717) is 12.4 Å². The maximum absolute atomic E-state index is 5.31. The lowest BCUT2D eigenvalue weighted by molar-refractivity contribution is 0.400. The van der Waals surface area contributed by atoms with Gasteiger partial charge in [-0.3, -0.25) is 5.10 Å². The molecule has 0 aliphatic carbocycles. The third-order valence-electron chi connectivity index (χ3n) is 2.96. The van der Waals surface area contributed by atoms with Crippen LogP contribution in [-0.2, 0) is 6.54 Å². The third-order valence-corrected chi connectivity index (χ3v) is 2.96. The molecule has 0 saturated carbocycles. The number of aromatic amines is 1. The predicted octanol–water partition coefficient (Wildman–Crippen LogP) is 1.80. The predicted molar refractivity (Wildman–Crippen MR) is 75.8 cm³/mol. The van der Waals surface area contributed by atoms with Gasteiger partial charge < -0.3 is 15.0 Å².